The lowest BCUT2D eigenvalue weighted by Crippen LogP contribution is -2.15. The second-order valence-electron chi connectivity index (χ2n) is 5.81. The van der Waals surface area contributed by atoms with E-state index < -0.39 is 0 Å². The summed E-state index contributed by atoms with van der Waals surface area (Å²) in [6.07, 6.45) is 3.13. The minimum Gasteiger partial charge on any atom is -0.352 e. The average molecular weight is 294 g/mol. The molecule has 0 aliphatic carbocycles. The molecule has 3 heteroatoms. The van der Waals surface area contributed by atoms with Crippen LogP contribution in [0.1, 0.15) is 38.3 Å². The lowest BCUT2D eigenvalue weighted by atomic mass is 10.0. The summed E-state index contributed by atoms with van der Waals surface area (Å²) in [6, 6.07) is 15.1. The van der Waals surface area contributed by atoms with Crippen LogP contribution in [0.3, 0.4) is 0 Å². The largest absolute Gasteiger partial charge is 0.352 e. The van der Waals surface area contributed by atoms with Crippen LogP contribution in [-0.2, 0) is 11.3 Å². The molecule has 0 aliphatic rings. The first-order valence-corrected chi connectivity index (χ1v) is 7.97. The molecule has 0 aliphatic heterocycles. The van der Waals surface area contributed by atoms with Crippen molar-refractivity contribution in [1.29, 1.82) is 0 Å². The molecule has 1 unspecified atom stereocenters. The predicted molar refractivity (Wildman–Crippen MR) is 92.0 cm³/mol. The van der Waals surface area contributed by atoms with Gasteiger partial charge in [0.1, 0.15) is 0 Å². The molecular formula is C19H22N2O. The summed E-state index contributed by atoms with van der Waals surface area (Å²) in [5.74, 6) is 0. The highest BCUT2D eigenvalue weighted by atomic mass is 16.1. The van der Waals surface area contributed by atoms with E-state index in [-0.39, 0.29) is 6.04 Å². The van der Waals surface area contributed by atoms with Crippen molar-refractivity contribution in [1.82, 2.24) is 9.88 Å². The van der Waals surface area contributed by atoms with Gasteiger partial charge < -0.3 is 9.88 Å². The molecule has 0 saturated heterocycles. The second-order valence-corrected chi connectivity index (χ2v) is 5.81. The number of fused-ring (bicyclic) bond motifs is 3. The SMILES string of the molecule is CCCCn1c2ccccc2c2cc(C(C)NC=O)ccc21. The molecule has 1 aromatic heterocycles. The van der Waals surface area contributed by atoms with Crippen LogP contribution in [-0.4, -0.2) is 11.0 Å². The third-order valence-electron chi connectivity index (χ3n) is 4.35. The quantitative estimate of drug-likeness (QED) is 0.672. The normalized spacial score (nSPS) is 12.6. The fourth-order valence-corrected chi connectivity index (χ4v) is 3.10. The first-order valence-electron chi connectivity index (χ1n) is 7.97. The van der Waals surface area contributed by atoms with Gasteiger partial charge >= 0.3 is 0 Å². The van der Waals surface area contributed by atoms with Crippen molar-refractivity contribution in [2.45, 2.75) is 39.3 Å². The van der Waals surface area contributed by atoms with E-state index in [4.69, 9.17) is 0 Å². The van der Waals surface area contributed by atoms with E-state index in [1.165, 1.54) is 34.6 Å². The van der Waals surface area contributed by atoms with Crippen LogP contribution in [0.5, 0.6) is 0 Å². The molecule has 1 atom stereocenters. The number of hydrogen-bond acceptors (Lipinski definition) is 1. The number of nitrogens with zero attached hydrogens (tertiary/aromatic N) is 1. The highest BCUT2D eigenvalue weighted by molar-refractivity contribution is 6.08. The van der Waals surface area contributed by atoms with Crippen molar-refractivity contribution < 1.29 is 4.79 Å². The summed E-state index contributed by atoms with van der Waals surface area (Å²) >= 11 is 0. The maximum absolute atomic E-state index is 10.7. The third-order valence-corrected chi connectivity index (χ3v) is 4.35. The van der Waals surface area contributed by atoms with E-state index in [9.17, 15) is 4.79 Å². The number of benzene rings is 2. The van der Waals surface area contributed by atoms with Crippen molar-refractivity contribution in [3.8, 4) is 0 Å². The Balaban J connectivity index is 2.19. The lowest BCUT2D eigenvalue weighted by molar-refractivity contribution is -0.110. The van der Waals surface area contributed by atoms with E-state index >= 15 is 0 Å². The molecule has 114 valence electrons. The van der Waals surface area contributed by atoms with Gasteiger partial charge in [0.05, 0.1) is 6.04 Å². The van der Waals surface area contributed by atoms with Crippen molar-refractivity contribution in [2.75, 3.05) is 0 Å². The lowest BCUT2D eigenvalue weighted by Gasteiger charge is -2.11. The van der Waals surface area contributed by atoms with Gasteiger partial charge in [0.15, 0.2) is 0 Å². The van der Waals surface area contributed by atoms with Crippen molar-refractivity contribution in [3.63, 3.8) is 0 Å². The van der Waals surface area contributed by atoms with Gasteiger partial charge in [-0.15, -0.1) is 0 Å². The van der Waals surface area contributed by atoms with Crippen LogP contribution in [0.15, 0.2) is 42.5 Å². The molecule has 0 saturated carbocycles. The molecule has 0 radical (unpaired) electrons. The number of aryl methyl sites for hydroxylation is 1. The zero-order chi connectivity index (χ0) is 15.5. The maximum Gasteiger partial charge on any atom is 0.207 e. The van der Waals surface area contributed by atoms with Crippen LogP contribution < -0.4 is 5.32 Å². The number of unbranched alkanes of at least 4 members (excludes halogenated alkanes) is 1. The molecule has 1 N–H and O–H groups in total. The van der Waals surface area contributed by atoms with Crippen LogP contribution in [0.25, 0.3) is 21.8 Å². The average Bonchev–Trinajstić information content (AvgIpc) is 2.86. The van der Waals surface area contributed by atoms with Crippen molar-refractivity contribution in [2.24, 2.45) is 0 Å². The van der Waals surface area contributed by atoms with Gasteiger partial charge in [0.25, 0.3) is 0 Å². The van der Waals surface area contributed by atoms with Gasteiger partial charge in [-0.3, -0.25) is 4.79 Å². The van der Waals surface area contributed by atoms with Crippen LogP contribution in [0, 0.1) is 0 Å². The van der Waals surface area contributed by atoms with Crippen LogP contribution >= 0.6 is 0 Å². The van der Waals surface area contributed by atoms with Gasteiger partial charge in [-0.25, -0.2) is 0 Å². The minimum absolute atomic E-state index is 0.0275. The minimum atomic E-state index is 0.0275. The van der Waals surface area contributed by atoms with E-state index in [1.807, 2.05) is 6.92 Å². The van der Waals surface area contributed by atoms with E-state index in [0.29, 0.717) is 0 Å². The molecule has 22 heavy (non-hydrogen) atoms. The molecule has 3 rings (SSSR count). The van der Waals surface area contributed by atoms with E-state index in [1.54, 1.807) is 0 Å². The molecule has 0 fully saturated rings. The number of rotatable bonds is 6. The topological polar surface area (TPSA) is 34.0 Å². The summed E-state index contributed by atoms with van der Waals surface area (Å²) < 4.78 is 2.41. The highest BCUT2D eigenvalue weighted by Crippen LogP contribution is 2.31. The van der Waals surface area contributed by atoms with Gasteiger partial charge in [-0.1, -0.05) is 37.6 Å². The third kappa shape index (κ3) is 2.47. The van der Waals surface area contributed by atoms with Crippen molar-refractivity contribution >= 4 is 28.2 Å². The Bertz CT molecular complexity index is 804. The Morgan fingerprint density at radius 1 is 1.14 bits per heavy atom. The molecule has 1 amide bonds. The molecular weight excluding hydrogens is 272 g/mol. The number of carbonyl (C=O) groups excluding carboxylic acids is 1. The monoisotopic (exact) mass is 294 g/mol. The number of aromatic nitrogens is 1. The number of nitrogens with one attached hydrogen (secondary N) is 1. The molecule has 0 spiro atoms. The van der Waals surface area contributed by atoms with Gasteiger partial charge in [-0.2, -0.15) is 0 Å². The summed E-state index contributed by atoms with van der Waals surface area (Å²) in [4.78, 5) is 10.7. The zero-order valence-electron chi connectivity index (χ0n) is 13.2. The fourth-order valence-electron chi connectivity index (χ4n) is 3.10. The summed E-state index contributed by atoms with van der Waals surface area (Å²) in [5.41, 5.74) is 3.70. The molecule has 2 aromatic carbocycles. The number of amides is 1. The predicted octanol–water partition coefficient (Wildman–Crippen LogP) is 4.40. The number of hydrogen-bond donors (Lipinski definition) is 1. The van der Waals surface area contributed by atoms with Gasteiger partial charge in [-0.05, 0) is 37.1 Å². The second kappa shape index (κ2) is 6.22. The summed E-state index contributed by atoms with van der Waals surface area (Å²) in [7, 11) is 0. The summed E-state index contributed by atoms with van der Waals surface area (Å²) in [5, 5.41) is 5.38. The Labute approximate surface area is 130 Å². The number of carbonyl (C=O) groups is 1. The maximum atomic E-state index is 10.7. The highest BCUT2D eigenvalue weighted by Gasteiger charge is 2.12. The van der Waals surface area contributed by atoms with Gasteiger partial charge in [0.2, 0.25) is 6.41 Å². The molecule has 1 heterocycles. The Morgan fingerprint density at radius 3 is 2.68 bits per heavy atom. The molecule has 3 aromatic rings. The fraction of sp³-hybridized carbons (Fsp3) is 0.316. The van der Waals surface area contributed by atoms with Crippen LogP contribution in [0.2, 0.25) is 0 Å². The zero-order valence-corrected chi connectivity index (χ0v) is 13.2. The Hall–Kier alpha value is -2.29. The van der Waals surface area contributed by atoms with Crippen LogP contribution in [0.4, 0.5) is 0 Å². The summed E-state index contributed by atoms with van der Waals surface area (Å²) in [6.45, 7) is 5.27. The van der Waals surface area contributed by atoms with E-state index in [2.05, 4.69) is 59.3 Å². The first kappa shape index (κ1) is 14.6. The van der Waals surface area contributed by atoms with Crippen molar-refractivity contribution in [3.05, 3.63) is 48.0 Å². The standard InChI is InChI=1S/C19H22N2O/c1-3-4-11-21-18-8-6-5-7-16(18)17-12-15(9-10-19(17)21)14(2)20-13-22/h5-10,12-14H,3-4,11H2,1-2H3,(H,20,22). The van der Waals surface area contributed by atoms with Gasteiger partial charge in [0, 0.05) is 28.4 Å². The Kier molecular flexibility index (Phi) is 4.14. The smallest absolute Gasteiger partial charge is 0.207 e. The van der Waals surface area contributed by atoms with E-state index in [0.717, 1.165) is 18.5 Å². The number of para-hydroxylation sites is 1. The molecule has 3 nitrogen and oxygen atoms in total. The first-order chi connectivity index (χ1) is 10.8. The Morgan fingerprint density at radius 2 is 1.91 bits per heavy atom. The molecule has 0 bridgehead atoms.